The molecule has 1 nitrogen and oxygen atoms in total. The average molecular weight is 257 g/mol. The average Bonchev–Trinajstić information content (AvgIpc) is 2.40. The van der Waals surface area contributed by atoms with Crippen LogP contribution >= 0.6 is 0 Å². The summed E-state index contributed by atoms with van der Waals surface area (Å²) in [4.78, 5) is 0. The lowest BCUT2D eigenvalue weighted by Gasteiger charge is -2.13. The molecule has 100 valence electrons. The van der Waals surface area contributed by atoms with Crippen LogP contribution in [0.3, 0.4) is 0 Å². The second-order valence-electron chi connectivity index (χ2n) is 4.93. The van der Waals surface area contributed by atoms with Crippen molar-refractivity contribution in [2.24, 2.45) is 5.73 Å². The summed E-state index contributed by atoms with van der Waals surface area (Å²) in [5.74, 6) is -0.206. The maximum atomic E-state index is 13.1. The lowest BCUT2D eigenvalue weighted by atomic mass is 9.98. The van der Waals surface area contributed by atoms with Gasteiger partial charge in [-0.25, -0.2) is 4.39 Å². The highest BCUT2D eigenvalue weighted by Gasteiger charge is 2.07. The molecule has 2 rings (SSSR count). The number of hydrogen-bond acceptors (Lipinski definition) is 1. The van der Waals surface area contributed by atoms with Crippen LogP contribution in [0.15, 0.2) is 48.5 Å². The van der Waals surface area contributed by atoms with Crippen molar-refractivity contribution in [1.82, 2.24) is 0 Å². The Bertz CT molecular complexity index is 519. The Morgan fingerprint density at radius 1 is 1.05 bits per heavy atom. The van der Waals surface area contributed by atoms with Gasteiger partial charge in [-0.3, -0.25) is 0 Å². The molecular weight excluding hydrogens is 237 g/mol. The molecule has 2 N–H and O–H groups in total. The third-order valence-electron chi connectivity index (χ3n) is 3.29. The minimum absolute atomic E-state index is 0.0857. The minimum Gasteiger partial charge on any atom is -0.324 e. The lowest BCUT2D eigenvalue weighted by molar-refractivity contribution is 0.622. The molecule has 0 spiro atoms. The first kappa shape index (κ1) is 13.8. The largest absolute Gasteiger partial charge is 0.324 e. The molecule has 0 heterocycles. The number of aryl methyl sites for hydroxylation is 1. The van der Waals surface area contributed by atoms with Crippen LogP contribution in [-0.4, -0.2) is 0 Å². The zero-order valence-electron chi connectivity index (χ0n) is 11.3. The summed E-state index contributed by atoms with van der Waals surface area (Å²) >= 11 is 0. The molecule has 0 bridgehead atoms. The van der Waals surface area contributed by atoms with Crippen molar-refractivity contribution in [3.05, 3.63) is 71.0 Å². The summed E-state index contributed by atoms with van der Waals surface area (Å²) in [6.45, 7) is 2.17. The van der Waals surface area contributed by atoms with Crippen molar-refractivity contribution in [3.8, 4) is 0 Å². The molecule has 0 radical (unpaired) electrons. The highest BCUT2D eigenvalue weighted by Crippen LogP contribution is 2.18. The van der Waals surface area contributed by atoms with E-state index in [-0.39, 0.29) is 11.9 Å². The number of nitrogens with two attached hydrogens (primary N) is 1. The first-order chi connectivity index (χ1) is 9.19. The van der Waals surface area contributed by atoms with E-state index in [4.69, 9.17) is 5.73 Å². The van der Waals surface area contributed by atoms with E-state index in [0.29, 0.717) is 6.42 Å². The molecule has 0 aliphatic heterocycles. The number of rotatable bonds is 5. The summed E-state index contributed by atoms with van der Waals surface area (Å²) in [7, 11) is 0. The Hall–Kier alpha value is -1.67. The van der Waals surface area contributed by atoms with Crippen LogP contribution in [0.1, 0.15) is 36.1 Å². The zero-order valence-corrected chi connectivity index (χ0v) is 11.3. The lowest BCUT2D eigenvalue weighted by Crippen LogP contribution is -2.13. The molecule has 1 unspecified atom stereocenters. The monoisotopic (exact) mass is 257 g/mol. The van der Waals surface area contributed by atoms with Crippen molar-refractivity contribution >= 4 is 0 Å². The summed E-state index contributed by atoms with van der Waals surface area (Å²) in [5, 5.41) is 0. The predicted molar refractivity (Wildman–Crippen MR) is 77.5 cm³/mol. The van der Waals surface area contributed by atoms with Gasteiger partial charge in [-0.05, 0) is 41.7 Å². The predicted octanol–water partition coefficient (Wildman–Crippen LogP) is 4.02. The van der Waals surface area contributed by atoms with Crippen molar-refractivity contribution in [2.45, 2.75) is 32.2 Å². The Kier molecular flexibility index (Phi) is 4.69. The van der Waals surface area contributed by atoms with Gasteiger partial charge in [0.05, 0.1) is 0 Å². The number of halogens is 1. The minimum atomic E-state index is -0.206. The second-order valence-corrected chi connectivity index (χ2v) is 4.93. The first-order valence-corrected chi connectivity index (χ1v) is 6.78. The number of benzene rings is 2. The number of hydrogen-bond donors (Lipinski definition) is 1. The van der Waals surface area contributed by atoms with Crippen molar-refractivity contribution in [2.75, 3.05) is 0 Å². The SMILES string of the molecule is CCCc1ccc(C(N)Cc2cccc(F)c2)cc1. The molecule has 0 fully saturated rings. The molecule has 2 aromatic carbocycles. The standard InChI is InChI=1S/C17H20FN/c1-2-4-13-7-9-15(10-8-13)17(19)12-14-5-3-6-16(18)11-14/h3,5-11,17H,2,4,12,19H2,1H3. The molecule has 0 aliphatic rings. The Labute approximate surface area is 114 Å². The maximum Gasteiger partial charge on any atom is 0.123 e. The fourth-order valence-corrected chi connectivity index (χ4v) is 2.26. The van der Waals surface area contributed by atoms with Gasteiger partial charge >= 0.3 is 0 Å². The fraction of sp³-hybridized carbons (Fsp3) is 0.294. The van der Waals surface area contributed by atoms with Gasteiger partial charge in [0, 0.05) is 6.04 Å². The van der Waals surface area contributed by atoms with Crippen LogP contribution in [0.5, 0.6) is 0 Å². The zero-order chi connectivity index (χ0) is 13.7. The van der Waals surface area contributed by atoms with Crippen LogP contribution < -0.4 is 5.73 Å². The molecular formula is C17H20FN. The van der Waals surface area contributed by atoms with E-state index < -0.39 is 0 Å². The highest BCUT2D eigenvalue weighted by molar-refractivity contribution is 5.27. The van der Waals surface area contributed by atoms with Crippen LogP contribution in [0, 0.1) is 5.82 Å². The van der Waals surface area contributed by atoms with Gasteiger partial charge in [0.15, 0.2) is 0 Å². The van der Waals surface area contributed by atoms with Gasteiger partial charge in [0.1, 0.15) is 5.82 Å². The normalized spacial score (nSPS) is 12.4. The van der Waals surface area contributed by atoms with E-state index in [2.05, 4.69) is 31.2 Å². The van der Waals surface area contributed by atoms with Gasteiger partial charge in [-0.15, -0.1) is 0 Å². The van der Waals surface area contributed by atoms with Gasteiger partial charge in [0.2, 0.25) is 0 Å². The van der Waals surface area contributed by atoms with Crippen molar-refractivity contribution < 1.29 is 4.39 Å². The quantitative estimate of drug-likeness (QED) is 0.860. The Morgan fingerprint density at radius 2 is 1.79 bits per heavy atom. The van der Waals surface area contributed by atoms with Gasteiger partial charge < -0.3 is 5.73 Å². The topological polar surface area (TPSA) is 26.0 Å². The summed E-state index contributed by atoms with van der Waals surface area (Å²) < 4.78 is 13.1. The van der Waals surface area contributed by atoms with Crippen LogP contribution in [0.25, 0.3) is 0 Å². The van der Waals surface area contributed by atoms with Crippen LogP contribution in [0.4, 0.5) is 4.39 Å². The highest BCUT2D eigenvalue weighted by atomic mass is 19.1. The summed E-state index contributed by atoms with van der Waals surface area (Å²) in [6.07, 6.45) is 2.90. The third kappa shape index (κ3) is 3.90. The molecule has 0 aromatic heterocycles. The molecule has 19 heavy (non-hydrogen) atoms. The van der Waals surface area contributed by atoms with Gasteiger partial charge in [-0.2, -0.15) is 0 Å². The van der Waals surface area contributed by atoms with Crippen LogP contribution in [0.2, 0.25) is 0 Å². The van der Waals surface area contributed by atoms with Crippen molar-refractivity contribution in [1.29, 1.82) is 0 Å². The first-order valence-electron chi connectivity index (χ1n) is 6.78. The van der Waals surface area contributed by atoms with E-state index in [1.807, 2.05) is 6.07 Å². The molecule has 2 aromatic rings. The van der Waals surface area contributed by atoms with E-state index in [9.17, 15) is 4.39 Å². The fourth-order valence-electron chi connectivity index (χ4n) is 2.26. The Morgan fingerprint density at radius 3 is 2.42 bits per heavy atom. The molecule has 0 amide bonds. The molecule has 0 aliphatic carbocycles. The summed E-state index contributed by atoms with van der Waals surface area (Å²) in [5.41, 5.74) is 9.55. The van der Waals surface area contributed by atoms with Gasteiger partial charge in [0.25, 0.3) is 0 Å². The van der Waals surface area contributed by atoms with E-state index in [0.717, 1.165) is 24.0 Å². The van der Waals surface area contributed by atoms with Crippen LogP contribution in [-0.2, 0) is 12.8 Å². The van der Waals surface area contributed by atoms with E-state index >= 15 is 0 Å². The smallest absolute Gasteiger partial charge is 0.123 e. The second kappa shape index (κ2) is 6.48. The molecule has 1 atom stereocenters. The van der Waals surface area contributed by atoms with Gasteiger partial charge in [-0.1, -0.05) is 49.7 Å². The molecule has 2 heteroatoms. The van der Waals surface area contributed by atoms with Crippen molar-refractivity contribution in [3.63, 3.8) is 0 Å². The Balaban J connectivity index is 2.05. The van der Waals surface area contributed by atoms with E-state index in [1.54, 1.807) is 12.1 Å². The summed E-state index contributed by atoms with van der Waals surface area (Å²) in [6, 6.07) is 15.0. The molecule has 0 saturated carbocycles. The third-order valence-corrected chi connectivity index (χ3v) is 3.29. The molecule has 0 saturated heterocycles. The maximum absolute atomic E-state index is 13.1. The van der Waals surface area contributed by atoms with E-state index in [1.165, 1.54) is 11.6 Å².